The van der Waals surface area contributed by atoms with Crippen molar-refractivity contribution in [1.82, 2.24) is 5.43 Å². The number of hydrogen-bond acceptors (Lipinski definition) is 4. The lowest BCUT2D eigenvalue weighted by atomic mass is 10.1. The summed E-state index contributed by atoms with van der Waals surface area (Å²) in [5.74, 6) is 7.33. The van der Waals surface area contributed by atoms with Gasteiger partial charge in [0.1, 0.15) is 17.1 Å². The third-order valence-corrected chi connectivity index (χ3v) is 3.41. The van der Waals surface area contributed by atoms with Gasteiger partial charge in [-0.2, -0.15) is 0 Å². The second kappa shape index (κ2) is 6.43. The minimum absolute atomic E-state index is 0.0684. The van der Waals surface area contributed by atoms with Crippen LogP contribution in [0, 0.1) is 0 Å². The average molecular weight is 282 g/mol. The summed E-state index contributed by atoms with van der Waals surface area (Å²) in [6.07, 6.45) is 0.727. The molecule has 1 heterocycles. The third-order valence-electron chi connectivity index (χ3n) is 3.41. The first-order valence-corrected chi connectivity index (χ1v) is 6.99. The Morgan fingerprint density at radius 3 is 2.57 bits per heavy atom. The Balaban J connectivity index is 1.64. The summed E-state index contributed by atoms with van der Waals surface area (Å²) in [5.41, 5.74) is 3.66. The number of nitrogens with two attached hydrogens (primary N) is 1. The van der Waals surface area contributed by atoms with Crippen molar-refractivity contribution < 1.29 is 9.15 Å². The van der Waals surface area contributed by atoms with Crippen LogP contribution in [-0.2, 0) is 0 Å². The first kappa shape index (κ1) is 13.7. The molecule has 0 aliphatic rings. The van der Waals surface area contributed by atoms with E-state index in [1.807, 2.05) is 60.7 Å². The molecule has 2 aromatic carbocycles. The van der Waals surface area contributed by atoms with Crippen LogP contribution in [0.1, 0.15) is 18.2 Å². The van der Waals surface area contributed by atoms with Crippen LogP contribution in [0.4, 0.5) is 0 Å². The monoisotopic (exact) mass is 282 g/mol. The van der Waals surface area contributed by atoms with Gasteiger partial charge >= 0.3 is 0 Å². The predicted molar refractivity (Wildman–Crippen MR) is 82.8 cm³/mol. The highest BCUT2D eigenvalue weighted by Gasteiger charge is 2.15. The van der Waals surface area contributed by atoms with Crippen molar-refractivity contribution in [1.29, 1.82) is 0 Å². The van der Waals surface area contributed by atoms with Crippen molar-refractivity contribution in [2.45, 2.75) is 12.5 Å². The van der Waals surface area contributed by atoms with E-state index in [-0.39, 0.29) is 6.04 Å². The Morgan fingerprint density at radius 1 is 1.05 bits per heavy atom. The second-order valence-electron chi connectivity index (χ2n) is 4.86. The van der Waals surface area contributed by atoms with Gasteiger partial charge in [-0.05, 0) is 24.3 Å². The van der Waals surface area contributed by atoms with Crippen LogP contribution in [0.3, 0.4) is 0 Å². The number of fused-ring (bicyclic) bond motifs is 1. The molecule has 0 radical (unpaired) electrons. The number of rotatable bonds is 6. The van der Waals surface area contributed by atoms with E-state index in [4.69, 9.17) is 15.0 Å². The second-order valence-corrected chi connectivity index (χ2v) is 4.86. The first-order valence-electron chi connectivity index (χ1n) is 6.99. The zero-order chi connectivity index (χ0) is 14.5. The first-order chi connectivity index (χ1) is 10.4. The maximum absolute atomic E-state index is 5.83. The van der Waals surface area contributed by atoms with Gasteiger partial charge < -0.3 is 9.15 Å². The summed E-state index contributed by atoms with van der Waals surface area (Å²) in [6, 6.07) is 19.6. The highest BCUT2D eigenvalue weighted by Crippen LogP contribution is 2.25. The summed E-state index contributed by atoms with van der Waals surface area (Å²) >= 11 is 0. The van der Waals surface area contributed by atoms with E-state index < -0.39 is 0 Å². The SMILES string of the molecule is NNC(CCOc1ccccc1)c1cc2ccccc2o1. The number of furan rings is 1. The van der Waals surface area contributed by atoms with Crippen LogP contribution < -0.4 is 16.0 Å². The molecule has 1 atom stereocenters. The third kappa shape index (κ3) is 3.24. The molecule has 108 valence electrons. The van der Waals surface area contributed by atoms with Crippen molar-refractivity contribution in [3.8, 4) is 5.75 Å². The van der Waals surface area contributed by atoms with Gasteiger partial charge in [0, 0.05) is 11.8 Å². The van der Waals surface area contributed by atoms with Crippen molar-refractivity contribution in [3.05, 3.63) is 66.4 Å². The Hall–Kier alpha value is -2.30. The van der Waals surface area contributed by atoms with E-state index in [1.165, 1.54) is 0 Å². The molecule has 0 fully saturated rings. The molecule has 4 nitrogen and oxygen atoms in total. The molecule has 0 saturated carbocycles. The van der Waals surface area contributed by atoms with Crippen LogP contribution in [0.2, 0.25) is 0 Å². The van der Waals surface area contributed by atoms with Gasteiger partial charge in [0.25, 0.3) is 0 Å². The molecule has 0 amide bonds. The van der Waals surface area contributed by atoms with Crippen LogP contribution in [-0.4, -0.2) is 6.61 Å². The van der Waals surface area contributed by atoms with Crippen LogP contribution in [0.25, 0.3) is 11.0 Å². The largest absolute Gasteiger partial charge is 0.494 e. The van der Waals surface area contributed by atoms with Crippen LogP contribution in [0.5, 0.6) is 5.75 Å². The van der Waals surface area contributed by atoms with Gasteiger partial charge in [0.2, 0.25) is 0 Å². The lowest BCUT2D eigenvalue weighted by Crippen LogP contribution is -2.29. The number of para-hydroxylation sites is 2. The summed E-state index contributed by atoms with van der Waals surface area (Å²) in [5, 5.41) is 1.08. The predicted octanol–water partition coefficient (Wildman–Crippen LogP) is 3.41. The maximum atomic E-state index is 5.83. The molecule has 3 N–H and O–H groups in total. The van der Waals surface area contributed by atoms with E-state index in [9.17, 15) is 0 Å². The van der Waals surface area contributed by atoms with Crippen molar-refractivity contribution in [2.75, 3.05) is 6.61 Å². The molecule has 1 unspecified atom stereocenters. The van der Waals surface area contributed by atoms with Crippen molar-refractivity contribution in [3.63, 3.8) is 0 Å². The van der Waals surface area contributed by atoms with Gasteiger partial charge in [-0.3, -0.25) is 5.84 Å². The molecular formula is C17H18N2O2. The van der Waals surface area contributed by atoms with E-state index in [1.54, 1.807) is 0 Å². The van der Waals surface area contributed by atoms with Crippen molar-refractivity contribution in [2.24, 2.45) is 5.84 Å². The van der Waals surface area contributed by atoms with Gasteiger partial charge in [-0.1, -0.05) is 36.4 Å². The molecule has 3 rings (SSSR count). The molecule has 1 aromatic heterocycles. The van der Waals surface area contributed by atoms with E-state index in [2.05, 4.69) is 5.43 Å². The summed E-state index contributed by atoms with van der Waals surface area (Å²) in [4.78, 5) is 0. The molecule has 0 bridgehead atoms. The minimum atomic E-state index is -0.0684. The fourth-order valence-corrected chi connectivity index (χ4v) is 2.29. The quantitative estimate of drug-likeness (QED) is 0.537. The highest BCUT2D eigenvalue weighted by molar-refractivity contribution is 5.77. The zero-order valence-corrected chi connectivity index (χ0v) is 11.7. The number of benzene rings is 2. The molecular weight excluding hydrogens is 264 g/mol. The Bertz CT molecular complexity index is 661. The van der Waals surface area contributed by atoms with Gasteiger partial charge in [0.15, 0.2) is 0 Å². The topological polar surface area (TPSA) is 60.4 Å². The maximum Gasteiger partial charge on any atom is 0.134 e. The fraction of sp³-hybridized carbons (Fsp3) is 0.176. The number of hydrazine groups is 1. The molecule has 4 heteroatoms. The molecule has 3 aromatic rings. The molecule has 21 heavy (non-hydrogen) atoms. The Morgan fingerprint density at radius 2 is 1.81 bits per heavy atom. The highest BCUT2D eigenvalue weighted by atomic mass is 16.5. The Kier molecular flexibility index (Phi) is 4.19. The summed E-state index contributed by atoms with van der Waals surface area (Å²) in [6.45, 7) is 0.565. The lowest BCUT2D eigenvalue weighted by molar-refractivity contribution is 0.276. The Labute approximate surface area is 123 Å². The van der Waals surface area contributed by atoms with Crippen LogP contribution >= 0.6 is 0 Å². The molecule has 0 saturated heterocycles. The molecule has 0 aliphatic heterocycles. The number of hydrogen-bond donors (Lipinski definition) is 2. The molecule has 0 aliphatic carbocycles. The standard InChI is InChI=1S/C17H18N2O2/c18-19-15(10-11-20-14-7-2-1-3-8-14)17-12-13-6-4-5-9-16(13)21-17/h1-9,12,15,19H,10-11,18H2. The minimum Gasteiger partial charge on any atom is -0.494 e. The normalized spacial score (nSPS) is 12.4. The van der Waals surface area contributed by atoms with Crippen LogP contribution in [0.15, 0.2) is 65.1 Å². The van der Waals surface area contributed by atoms with Gasteiger partial charge in [-0.25, -0.2) is 5.43 Å². The number of nitrogens with one attached hydrogen (secondary N) is 1. The lowest BCUT2D eigenvalue weighted by Gasteiger charge is -2.13. The zero-order valence-electron chi connectivity index (χ0n) is 11.7. The number of ether oxygens (including phenoxy) is 1. The van der Waals surface area contributed by atoms with Gasteiger partial charge in [0.05, 0.1) is 12.6 Å². The van der Waals surface area contributed by atoms with E-state index in [0.717, 1.165) is 28.9 Å². The van der Waals surface area contributed by atoms with Crippen molar-refractivity contribution >= 4 is 11.0 Å². The van der Waals surface area contributed by atoms with E-state index >= 15 is 0 Å². The molecule has 0 spiro atoms. The summed E-state index contributed by atoms with van der Waals surface area (Å²) in [7, 11) is 0. The fourth-order valence-electron chi connectivity index (χ4n) is 2.29. The summed E-state index contributed by atoms with van der Waals surface area (Å²) < 4.78 is 11.5. The van der Waals surface area contributed by atoms with Gasteiger partial charge in [-0.15, -0.1) is 0 Å². The van der Waals surface area contributed by atoms with E-state index in [0.29, 0.717) is 6.61 Å². The smallest absolute Gasteiger partial charge is 0.134 e. The average Bonchev–Trinajstić information content (AvgIpc) is 2.96.